The number of rotatable bonds is 3. The molecular formula is C53H32N2O. The summed E-state index contributed by atoms with van der Waals surface area (Å²) in [6.45, 7) is 0. The summed E-state index contributed by atoms with van der Waals surface area (Å²) >= 11 is 0. The third-order valence-electron chi connectivity index (χ3n) is 11.9. The van der Waals surface area contributed by atoms with Gasteiger partial charge in [0.25, 0.3) is 0 Å². The smallest absolute Gasteiger partial charge is 0.160 e. The van der Waals surface area contributed by atoms with Crippen molar-refractivity contribution in [3.05, 3.63) is 216 Å². The van der Waals surface area contributed by atoms with Gasteiger partial charge in [0.15, 0.2) is 5.82 Å². The van der Waals surface area contributed by atoms with E-state index in [0.717, 1.165) is 50.0 Å². The summed E-state index contributed by atoms with van der Waals surface area (Å²) in [5.41, 5.74) is 18.2. The van der Waals surface area contributed by atoms with Crippen molar-refractivity contribution >= 4 is 21.9 Å². The summed E-state index contributed by atoms with van der Waals surface area (Å²) in [6, 6.07) is 69.8. The molecule has 1 spiro atoms. The minimum atomic E-state index is -0.668. The van der Waals surface area contributed by atoms with Crippen LogP contribution in [0.4, 0.5) is 0 Å². The van der Waals surface area contributed by atoms with Gasteiger partial charge in [-0.1, -0.05) is 164 Å². The Balaban J connectivity index is 1.22. The third-order valence-corrected chi connectivity index (χ3v) is 11.9. The zero-order valence-corrected chi connectivity index (χ0v) is 30.3. The van der Waals surface area contributed by atoms with Gasteiger partial charge in [-0.05, 0) is 86.0 Å². The fourth-order valence-electron chi connectivity index (χ4n) is 9.54. The lowest BCUT2D eigenvalue weighted by molar-refractivity contribution is 0.668. The molecule has 0 radical (unpaired) electrons. The second-order valence-electron chi connectivity index (χ2n) is 14.8. The Morgan fingerprint density at radius 1 is 0.321 bits per heavy atom. The molecule has 2 aliphatic rings. The largest absolute Gasteiger partial charge is 0.456 e. The molecule has 0 N–H and O–H groups in total. The van der Waals surface area contributed by atoms with Crippen LogP contribution in [0.1, 0.15) is 22.3 Å². The standard InChI is InChI=1S/C53H32N2O/c1-3-15-33(16-4-1)48-32-49(34-17-5-2-6-18-34)55-52(54-48)35-27-28-40-37-20-8-7-19-36(37)38-21-9-12-24-44(38)53(46(40)29-35)45-25-13-10-22-39(45)42-31-51-43(30-47(42)53)41-23-11-14-26-50(41)56-51/h1-32H. The minimum absolute atomic E-state index is 0.668. The van der Waals surface area contributed by atoms with Gasteiger partial charge in [-0.3, -0.25) is 0 Å². The van der Waals surface area contributed by atoms with Gasteiger partial charge < -0.3 is 4.42 Å². The zero-order valence-electron chi connectivity index (χ0n) is 30.3. The fraction of sp³-hybridized carbons (Fsp3) is 0.0189. The van der Waals surface area contributed by atoms with Gasteiger partial charge in [0.1, 0.15) is 11.2 Å². The molecule has 260 valence electrons. The lowest BCUT2D eigenvalue weighted by Gasteiger charge is -2.35. The fourth-order valence-corrected chi connectivity index (χ4v) is 9.54. The van der Waals surface area contributed by atoms with E-state index in [9.17, 15) is 0 Å². The Hall–Kier alpha value is -7.36. The molecule has 1 atom stereocenters. The highest BCUT2D eigenvalue weighted by Gasteiger charge is 2.50. The van der Waals surface area contributed by atoms with Crippen molar-refractivity contribution in [1.29, 1.82) is 0 Å². The van der Waals surface area contributed by atoms with Crippen molar-refractivity contribution in [2.45, 2.75) is 5.41 Å². The van der Waals surface area contributed by atoms with E-state index in [1.807, 2.05) is 18.2 Å². The average Bonchev–Trinajstić information content (AvgIpc) is 3.75. The average molecular weight is 713 g/mol. The minimum Gasteiger partial charge on any atom is -0.456 e. The van der Waals surface area contributed by atoms with Crippen molar-refractivity contribution in [2.24, 2.45) is 0 Å². The maximum absolute atomic E-state index is 6.54. The molecule has 0 bridgehead atoms. The zero-order chi connectivity index (χ0) is 36.8. The first-order chi connectivity index (χ1) is 27.8. The van der Waals surface area contributed by atoms with Crippen LogP contribution in [-0.4, -0.2) is 9.97 Å². The van der Waals surface area contributed by atoms with E-state index in [1.165, 1.54) is 55.6 Å². The highest BCUT2D eigenvalue weighted by molar-refractivity contribution is 6.09. The molecule has 0 saturated carbocycles. The van der Waals surface area contributed by atoms with Crippen LogP contribution in [0.15, 0.2) is 199 Å². The maximum Gasteiger partial charge on any atom is 0.160 e. The second kappa shape index (κ2) is 11.8. The second-order valence-corrected chi connectivity index (χ2v) is 14.8. The number of furan rings is 1. The number of hydrogen-bond acceptors (Lipinski definition) is 3. The third kappa shape index (κ3) is 4.34. The molecule has 0 amide bonds. The molecule has 2 aromatic heterocycles. The van der Waals surface area contributed by atoms with Crippen LogP contribution < -0.4 is 0 Å². The van der Waals surface area contributed by atoms with E-state index >= 15 is 0 Å². The van der Waals surface area contributed by atoms with Crippen LogP contribution in [0.2, 0.25) is 0 Å². The summed E-state index contributed by atoms with van der Waals surface area (Å²) in [4.78, 5) is 10.6. The first-order valence-electron chi connectivity index (χ1n) is 19.2. The van der Waals surface area contributed by atoms with E-state index in [0.29, 0.717) is 5.82 Å². The van der Waals surface area contributed by atoms with E-state index in [-0.39, 0.29) is 0 Å². The monoisotopic (exact) mass is 712 g/mol. The Kier molecular flexibility index (Phi) is 6.55. The van der Waals surface area contributed by atoms with Gasteiger partial charge in [0.05, 0.1) is 16.8 Å². The molecule has 8 aromatic carbocycles. The lowest BCUT2D eigenvalue weighted by Crippen LogP contribution is -2.29. The van der Waals surface area contributed by atoms with Crippen LogP contribution in [0.5, 0.6) is 0 Å². The summed E-state index contributed by atoms with van der Waals surface area (Å²) in [6.07, 6.45) is 0. The van der Waals surface area contributed by atoms with E-state index < -0.39 is 5.41 Å². The van der Waals surface area contributed by atoms with Crippen LogP contribution in [-0.2, 0) is 5.41 Å². The molecule has 12 rings (SSSR count). The number of benzene rings is 8. The van der Waals surface area contributed by atoms with Gasteiger partial charge in [-0.15, -0.1) is 0 Å². The van der Waals surface area contributed by atoms with Gasteiger partial charge in [0, 0.05) is 27.5 Å². The highest BCUT2D eigenvalue weighted by atomic mass is 16.3. The molecule has 3 nitrogen and oxygen atoms in total. The van der Waals surface area contributed by atoms with Crippen molar-refractivity contribution in [2.75, 3.05) is 0 Å². The topological polar surface area (TPSA) is 38.9 Å². The molecule has 10 aromatic rings. The number of para-hydroxylation sites is 1. The molecule has 0 fully saturated rings. The van der Waals surface area contributed by atoms with Crippen LogP contribution in [0, 0.1) is 0 Å². The summed E-state index contributed by atoms with van der Waals surface area (Å²) in [7, 11) is 0. The van der Waals surface area contributed by atoms with E-state index in [1.54, 1.807) is 0 Å². The normalized spacial score (nSPS) is 14.9. The predicted octanol–water partition coefficient (Wildman–Crippen LogP) is 13.4. The highest BCUT2D eigenvalue weighted by Crippen LogP contribution is 2.62. The quantitative estimate of drug-likeness (QED) is 0.183. The van der Waals surface area contributed by atoms with Gasteiger partial charge in [-0.25, -0.2) is 9.97 Å². The molecular weight excluding hydrogens is 681 g/mol. The summed E-state index contributed by atoms with van der Waals surface area (Å²) < 4.78 is 6.54. The first kappa shape index (κ1) is 31.0. The van der Waals surface area contributed by atoms with Gasteiger partial charge in [0.2, 0.25) is 0 Å². The molecule has 2 heterocycles. The van der Waals surface area contributed by atoms with Crippen molar-refractivity contribution in [3.8, 4) is 67.3 Å². The molecule has 0 aliphatic heterocycles. The molecule has 56 heavy (non-hydrogen) atoms. The van der Waals surface area contributed by atoms with Crippen molar-refractivity contribution in [1.82, 2.24) is 9.97 Å². The maximum atomic E-state index is 6.54. The van der Waals surface area contributed by atoms with Gasteiger partial charge in [-0.2, -0.15) is 0 Å². The van der Waals surface area contributed by atoms with Crippen LogP contribution in [0.3, 0.4) is 0 Å². The molecule has 2 aliphatic carbocycles. The van der Waals surface area contributed by atoms with Crippen LogP contribution in [0.25, 0.3) is 89.2 Å². The summed E-state index contributed by atoms with van der Waals surface area (Å²) in [5, 5.41) is 2.24. The Bertz CT molecular complexity index is 3140. The lowest BCUT2D eigenvalue weighted by atomic mass is 9.65. The van der Waals surface area contributed by atoms with E-state index in [4.69, 9.17) is 14.4 Å². The Labute approximate surface area is 324 Å². The summed E-state index contributed by atoms with van der Waals surface area (Å²) in [5.74, 6) is 0.691. The molecule has 3 heteroatoms. The number of nitrogens with zero attached hydrogens (tertiary/aromatic N) is 2. The number of aromatic nitrogens is 2. The number of fused-ring (bicyclic) bond motifs is 15. The van der Waals surface area contributed by atoms with E-state index in [2.05, 4.69) is 176 Å². The molecule has 0 saturated heterocycles. The van der Waals surface area contributed by atoms with Crippen LogP contribution >= 0.6 is 0 Å². The predicted molar refractivity (Wildman–Crippen MR) is 227 cm³/mol. The van der Waals surface area contributed by atoms with Crippen molar-refractivity contribution in [3.63, 3.8) is 0 Å². The Morgan fingerprint density at radius 3 is 1.50 bits per heavy atom. The first-order valence-corrected chi connectivity index (χ1v) is 19.2. The number of hydrogen-bond donors (Lipinski definition) is 0. The Morgan fingerprint density at radius 2 is 0.839 bits per heavy atom. The van der Waals surface area contributed by atoms with Gasteiger partial charge >= 0.3 is 0 Å². The SMILES string of the molecule is c1ccc(-c2cc(-c3ccccc3)nc(-c3ccc4c(c3)C3(c5ccccc5-c5ccccc5-4)c4ccccc4-c4cc5oc6ccccc6c5cc43)n2)cc1. The molecule has 1 unspecified atom stereocenters. The van der Waals surface area contributed by atoms with Crippen molar-refractivity contribution < 1.29 is 4.42 Å².